The van der Waals surface area contributed by atoms with E-state index in [2.05, 4.69) is 5.16 Å². The number of benzene rings is 2. The van der Waals surface area contributed by atoms with Crippen molar-refractivity contribution >= 4 is 29.1 Å². The van der Waals surface area contributed by atoms with E-state index in [9.17, 15) is 0 Å². The molecule has 3 nitrogen and oxygen atoms in total. The van der Waals surface area contributed by atoms with Crippen LogP contribution in [0.15, 0.2) is 47.0 Å². The van der Waals surface area contributed by atoms with E-state index in [1.807, 2.05) is 37.3 Å². The van der Waals surface area contributed by atoms with Crippen LogP contribution in [0, 0.1) is 6.92 Å². The highest BCUT2D eigenvalue weighted by Crippen LogP contribution is 2.38. The molecule has 3 rings (SSSR count). The van der Waals surface area contributed by atoms with Crippen LogP contribution in [0.3, 0.4) is 0 Å². The second-order valence-corrected chi connectivity index (χ2v) is 5.58. The van der Waals surface area contributed by atoms with E-state index in [0.29, 0.717) is 15.7 Å². The molecule has 0 radical (unpaired) electrons. The van der Waals surface area contributed by atoms with Gasteiger partial charge in [0.25, 0.3) is 0 Å². The monoisotopic (exact) mass is 318 g/mol. The zero-order valence-corrected chi connectivity index (χ0v) is 12.7. The zero-order valence-electron chi connectivity index (χ0n) is 11.2. The Hall–Kier alpha value is -1.97. The highest BCUT2D eigenvalue weighted by molar-refractivity contribution is 6.42. The summed E-state index contributed by atoms with van der Waals surface area (Å²) < 4.78 is 5.16. The predicted octanol–water partition coefficient (Wildman–Crippen LogP) is 5.21. The fourth-order valence-electron chi connectivity index (χ4n) is 2.14. The van der Waals surface area contributed by atoms with Crippen molar-refractivity contribution in [1.29, 1.82) is 0 Å². The fourth-order valence-corrected chi connectivity index (χ4v) is 2.44. The number of nitrogens with zero attached hydrogens (tertiary/aromatic N) is 1. The highest BCUT2D eigenvalue weighted by atomic mass is 35.5. The van der Waals surface area contributed by atoms with E-state index in [1.165, 1.54) is 5.56 Å². The van der Waals surface area contributed by atoms with Crippen LogP contribution in [0.5, 0.6) is 0 Å². The van der Waals surface area contributed by atoms with Crippen molar-refractivity contribution in [2.45, 2.75) is 6.92 Å². The molecule has 0 unspecified atom stereocenters. The van der Waals surface area contributed by atoms with E-state index < -0.39 is 0 Å². The van der Waals surface area contributed by atoms with Crippen molar-refractivity contribution < 1.29 is 4.52 Å². The van der Waals surface area contributed by atoms with Gasteiger partial charge in [-0.05, 0) is 24.6 Å². The van der Waals surface area contributed by atoms with Crippen LogP contribution in [0.1, 0.15) is 5.56 Å². The molecule has 2 aromatic carbocycles. The molecular formula is C16H12Cl2N2O. The Labute approximate surface area is 132 Å². The molecule has 1 aromatic heterocycles. The second-order valence-electron chi connectivity index (χ2n) is 4.77. The average Bonchev–Trinajstić information content (AvgIpc) is 2.85. The summed E-state index contributed by atoms with van der Waals surface area (Å²) in [6.45, 7) is 2.03. The number of aromatic nitrogens is 1. The van der Waals surface area contributed by atoms with Crippen molar-refractivity contribution in [3.8, 4) is 22.4 Å². The first-order valence-electron chi connectivity index (χ1n) is 6.34. The third kappa shape index (κ3) is 2.62. The van der Waals surface area contributed by atoms with E-state index >= 15 is 0 Å². The molecule has 3 aromatic rings. The number of nitrogens with two attached hydrogens (primary N) is 1. The molecule has 0 bridgehead atoms. The first kappa shape index (κ1) is 14.0. The molecule has 0 saturated heterocycles. The van der Waals surface area contributed by atoms with Gasteiger partial charge in [-0.1, -0.05) is 64.3 Å². The maximum Gasteiger partial charge on any atom is 0.230 e. The molecule has 21 heavy (non-hydrogen) atoms. The Kier molecular flexibility index (Phi) is 3.62. The van der Waals surface area contributed by atoms with Gasteiger partial charge in [-0.25, -0.2) is 0 Å². The van der Waals surface area contributed by atoms with Gasteiger partial charge >= 0.3 is 0 Å². The lowest BCUT2D eigenvalue weighted by atomic mass is 10.0. The van der Waals surface area contributed by atoms with Gasteiger partial charge in [-0.3, -0.25) is 0 Å². The van der Waals surface area contributed by atoms with Crippen molar-refractivity contribution in [3.05, 3.63) is 58.1 Å². The number of nitrogen functional groups attached to an aromatic ring is 1. The van der Waals surface area contributed by atoms with Crippen molar-refractivity contribution in [2.75, 3.05) is 5.73 Å². The third-order valence-corrected chi connectivity index (χ3v) is 3.99. The van der Waals surface area contributed by atoms with Gasteiger partial charge in [0, 0.05) is 5.56 Å². The van der Waals surface area contributed by atoms with Gasteiger partial charge in [-0.15, -0.1) is 0 Å². The number of aryl methyl sites for hydroxylation is 1. The fraction of sp³-hybridized carbons (Fsp3) is 0.0625. The lowest BCUT2D eigenvalue weighted by Gasteiger charge is -2.05. The minimum Gasteiger partial charge on any atom is -0.367 e. The number of rotatable bonds is 2. The lowest BCUT2D eigenvalue weighted by molar-refractivity contribution is 0.439. The van der Waals surface area contributed by atoms with E-state index in [0.717, 1.165) is 16.7 Å². The van der Waals surface area contributed by atoms with Crippen LogP contribution in [-0.4, -0.2) is 5.16 Å². The molecule has 106 valence electrons. The molecular weight excluding hydrogens is 307 g/mol. The summed E-state index contributed by atoms with van der Waals surface area (Å²) in [6.07, 6.45) is 0. The molecule has 0 fully saturated rings. The average molecular weight is 319 g/mol. The van der Waals surface area contributed by atoms with Crippen LogP contribution < -0.4 is 5.73 Å². The molecule has 0 aliphatic rings. The van der Waals surface area contributed by atoms with E-state index in [-0.39, 0.29) is 5.88 Å². The molecule has 0 spiro atoms. The molecule has 0 saturated carbocycles. The van der Waals surface area contributed by atoms with Gasteiger partial charge in [0.2, 0.25) is 5.88 Å². The minimum atomic E-state index is 0.254. The van der Waals surface area contributed by atoms with E-state index in [4.69, 9.17) is 33.5 Å². The van der Waals surface area contributed by atoms with Crippen LogP contribution in [0.2, 0.25) is 10.0 Å². The summed E-state index contributed by atoms with van der Waals surface area (Å²) in [5.74, 6) is 0.254. The lowest BCUT2D eigenvalue weighted by Crippen LogP contribution is -1.88. The summed E-state index contributed by atoms with van der Waals surface area (Å²) in [6, 6.07) is 13.3. The largest absolute Gasteiger partial charge is 0.367 e. The summed E-state index contributed by atoms with van der Waals surface area (Å²) in [4.78, 5) is 0. The molecule has 0 amide bonds. The molecule has 5 heteroatoms. The zero-order chi connectivity index (χ0) is 15.0. The van der Waals surface area contributed by atoms with Crippen LogP contribution in [0.25, 0.3) is 22.4 Å². The van der Waals surface area contributed by atoms with Gasteiger partial charge in [0.15, 0.2) is 0 Å². The predicted molar refractivity (Wildman–Crippen MR) is 86.5 cm³/mol. The Morgan fingerprint density at radius 1 is 0.952 bits per heavy atom. The quantitative estimate of drug-likeness (QED) is 0.706. The van der Waals surface area contributed by atoms with E-state index in [1.54, 1.807) is 12.1 Å². The van der Waals surface area contributed by atoms with Crippen molar-refractivity contribution in [3.63, 3.8) is 0 Å². The molecule has 0 aliphatic carbocycles. The summed E-state index contributed by atoms with van der Waals surface area (Å²) in [5.41, 5.74) is 10.3. The third-order valence-electron chi connectivity index (χ3n) is 3.25. The van der Waals surface area contributed by atoms with Crippen molar-refractivity contribution in [1.82, 2.24) is 5.16 Å². The second kappa shape index (κ2) is 5.43. The maximum absolute atomic E-state index is 6.08. The summed E-state index contributed by atoms with van der Waals surface area (Å²) >= 11 is 12.0. The van der Waals surface area contributed by atoms with Gasteiger partial charge in [0.1, 0.15) is 5.69 Å². The Morgan fingerprint density at radius 3 is 2.29 bits per heavy atom. The first-order valence-corrected chi connectivity index (χ1v) is 7.09. The first-order chi connectivity index (χ1) is 10.1. The minimum absolute atomic E-state index is 0.254. The highest BCUT2D eigenvalue weighted by Gasteiger charge is 2.18. The number of anilines is 1. The van der Waals surface area contributed by atoms with Crippen LogP contribution >= 0.6 is 23.2 Å². The SMILES string of the molecule is Cc1ccc(-c2noc(N)c2-c2ccc(Cl)c(Cl)c2)cc1. The number of hydrogen-bond acceptors (Lipinski definition) is 3. The Morgan fingerprint density at radius 2 is 1.62 bits per heavy atom. The van der Waals surface area contributed by atoms with Gasteiger partial charge < -0.3 is 10.3 Å². The summed E-state index contributed by atoms with van der Waals surface area (Å²) in [5, 5.41) is 5.02. The number of halogens is 2. The van der Waals surface area contributed by atoms with Crippen molar-refractivity contribution in [2.24, 2.45) is 0 Å². The Bertz CT molecular complexity index is 795. The van der Waals surface area contributed by atoms with Gasteiger partial charge in [-0.2, -0.15) is 0 Å². The summed E-state index contributed by atoms with van der Waals surface area (Å²) in [7, 11) is 0. The molecule has 1 heterocycles. The number of hydrogen-bond donors (Lipinski definition) is 1. The molecule has 0 aliphatic heterocycles. The smallest absolute Gasteiger partial charge is 0.230 e. The maximum atomic E-state index is 6.08. The topological polar surface area (TPSA) is 52.0 Å². The van der Waals surface area contributed by atoms with Crippen LogP contribution in [0.4, 0.5) is 5.88 Å². The standard InChI is InChI=1S/C16H12Cl2N2O/c1-9-2-4-10(5-3-9)15-14(16(19)21-20-15)11-6-7-12(17)13(18)8-11/h2-8H,19H2,1H3. The Balaban J connectivity index is 2.16. The van der Waals surface area contributed by atoms with Crippen LogP contribution in [-0.2, 0) is 0 Å². The normalized spacial score (nSPS) is 10.8. The van der Waals surface area contributed by atoms with Gasteiger partial charge in [0.05, 0.1) is 15.6 Å². The molecule has 2 N–H and O–H groups in total. The molecule has 0 atom stereocenters.